The van der Waals surface area contributed by atoms with E-state index in [0.717, 1.165) is 11.3 Å². The van der Waals surface area contributed by atoms with E-state index >= 15 is 0 Å². The number of pyridine rings is 1. The summed E-state index contributed by atoms with van der Waals surface area (Å²) < 4.78 is 0. The molecule has 0 amide bonds. The van der Waals surface area contributed by atoms with Gasteiger partial charge >= 0.3 is 18.9 Å². The minimum Gasteiger partial charge on any atom is -0.550 e. The summed E-state index contributed by atoms with van der Waals surface area (Å²) in [4.78, 5) is 14.1. The average molecular weight is 157 g/mol. The number of carboxylic acids is 1. The molecule has 0 N–H and O–H groups in total. The maximum Gasteiger partial charge on any atom is 1.00 e. The van der Waals surface area contributed by atoms with Crippen molar-refractivity contribution in [3.8, 4) is 0 Å². The Morgan fingerprint density at radius 2 is 2.33 bits per heavy atom. The molecule has 0 bridgehead atoms. The maximum absolute atomic E-state index is 10.1. The van der Waals surface area contributed by atoms with E-state index in [1.165, 1.54) is 0 Å². The molecule has 0 aliphatic carbocycles. The number of nitrogens with zero attached hydrogens (tertiary/aromatic N) is 1. The fourth-order valence-electron chi connectivity index (χ4n) is 0.881. The molecule has 0 atom stereocenters. The van der Waals surface area contributed by atoms with Crippen LogP contribution in [-0.2, 0) is 11.2 Å². The topological polar surface area (TPSA) is 53.0 Å². The fraction of sp³-hybridized carbons (Fsp3) is 0.250. The van der Waals surface area contributed by atoms with E-state index in [9.17, 15) is 9.90 Å². The summed E-state index contributed by atoms with van der Waals surface area (Å²) in [6, 6.07) is 3.40. The third kappa shape index (κ3) is 3.56. The predicted molar refractivity (Wildman–Crippen MR) is 37.7 cm³/mol. The summed E-state index contributed by atoms with van der Waals surface area (Å²) in [5, 5.41) is 10.1. The zero-order chi connectivity index (χ0) is 8.27. The summed E-state index contributed by atoms with van der Waals surface area (Å²) >= 11 is 0. The Morgan fingerprint density at radius 1 is 1.67 bits per heavy atom. The summed E-state index contributed by atoms with van der Waals surface area (Å²) in [5.41, 5.74) is 1.56. The molecule has 0 aromatic carbocycles. The molecule has 0 aliphatic rings. The van der Waals surface area contributed by atoms with Crippen molar-refractivity contribution < 1.29 is 28.8 Å². The first-order valence-electron chi connectivity index (χ1n) is 3.30. The molecule has 0 radical (unpaired) electrons. The van der Waals surface area contributed by atoms with Crippen LogP contribution in [-0.4, -0.2) is 11.0 Å². The van der Waals surface area contributed by atoms with Gasteiger partial charge < -0.3 is 9.90 Å². The van der Waals surface area contributed by atoms with Crippen LogP contribution in [0.4, 0.5) is 0 Å². The van der Waals surface area contributed by atoms with Gasteiger partial charge in [-0.3, -0.25) is 4.98 Å². The first-order chi connectivity index (χ1) is 5.18. The standard InChI is InChI=1S/C8H9NO2.Li/c1-6-4-7(2-3-9-6)5-8(10)11;/h2-4H,5H2,1H3,(H,10,11);/q;+1/p-1. The van der Waals surface area contributed by atoms with Crippen LogP contribution in [0, 0.1) is 6.92 Å². The molecule has 58 valence electrons. The summed E-state index contributed by atoms with van der Waals surface area (Å²) in [7, 11) is 0. The molecule has 1 aromatic rings. The number of rotatable bonds is 2. The van der Waals surface area contributed by atoms with E-state index in [1.807, 2.05) is 6.92 Å². The molecule has 4 heteroatoms. The summed E-state index contributed by atoms with van der Waals surface area (Å²) in [5.74, 6) is -1.06. The second kappa shape index (κ2) is 4.97. The molecule has 0 aliphatic heterocycles. The van der Waals surface area contributed by atoms with E-state index in [1.54, 1.807) is 18.3 Å². The number of aromatic nitrogens is 1. The predicted octanol–water partition coefficient (Wildman–Crippen LogP) is -3.31. The third-order valence-corrected chi connectivity index (χ3v) is 1.31. The van der Waals surface area contributed by atoms with Gasteiger partial charge in [-0.05, 0) is 24.6 Å². The number of carbonyl (C=O) groups is 1. The smallest absolute Gasteiger partial charge is 0.550 e. The van der Waals surface area contributed by atoms with Crippen LogP contribution in [0.1, 0.15) is 11.3 Å². The van der Waals surface area contributed by atoms with Crippen LogP contribution in [0.25, 0.3) is 0 Å². The summed E-state index contributed by atoms with van der Waals surface area (Å²) in [6.45, 7) is 1.82. The zero-order valence-electron chi connectivity index (χ0n) is 7.20. The fourth-order valence-corrected chi connectivity index (χ4v) is 0.881. The zero-order valence-corrected chi connectivity index (χ0v) is 7.20. The Hall–Kier alpha value is -0.783. The van der Waals surface area contributed by atoms with Crippen molar-refractivity contribution in [1.29, 1.82) is 0 Å². The average Bonchev–Trinajstić information content (AvgIpc) is 1.85. The molecular weight excluding hydrogens is 149 g/mol. The Morgan fingerprint density at radius 3 is 2.83 bits per heavy atom. The van der Waals surface area contributed by atoms with Crippen LogP contribution >= 0.6 is 0 Å². The van der Waals surface area contributed by atoms with Gasteiger partial charge in [-0.2, -0.15) is 0 Å². The van der Waals surface area contributed by atoms with Crippen molar-refractivity contribution in [3.63, 3.8) is 0 Å². The molecule has 12 heavy (non-hydrogen) atoms. The van der Waals surface area contributed by atoms with Gasteiger partial charge in [0, 0.05) is 24.3 Å². The van der Waals surface area contributed by atoms with Crippen molar-refractivity contribution in [2.45, 2.75) is 13.3 Å². The van der Waals surface area contributed by atoms with Gasteiger partial charge in [0.05, 0.1) is 0 Å². The Kier molecular flexibility index (Phi) is 4.64. The Balaban J connectivity index is 0.00000121. The molecule has 0 fully saturated rings. The molecule has 0 saturated carbocycles. The van der Waals surface area contributed by atoms with Gasteiger partial charge in [-0.25, -0.2) is 0 Å². The molecule has 1 aromatic heterocycles. The summed E-state index contributed by atoms with van der Waals surface area (Å²) in [6.07, 6.45) is 1.55. The van der Waals surface area contributed by atoms with Gasteiger partial charge in [0.2, 0.25) is 0 Å². The minimum atomic E-state index is -1.06. The molecule has 3 nitrogen and oxygen atoms in total. The van der Waals surface area contributed by atoms with Crippen LogP contribution in [0.2, 0.25) is 0 Å². The van der Waals surface area contributed by atoms with Crippen molar-refractivity contribution >= 4 is 5.97 Å². The second-order valence-corrected chi connectivity index (χ2v) is 2.35. The Bertz CT molecular complexity index is 276. The van der Waals surface area contributed by atoms with Crippen LogP contribution in [0.5, 0.6) is 0 Å². The van der Waals surface area contributed by atoms with Gasteiger partial charge in [0.15, 0.2) is 0 Å². The number of hydrogen-bond donors (Lipinski definition) is 0. The largest absolute Gasteiger partial charge is 1.00 e. The van der Waals surface area contributed by atoms with E-state index in [0.29, 0.717) is 0 Å². The van der Waals surface area contributed by atoms with E-state index in [-0.39, 0.29) is 25.3 Å². The van der Waals surface area contributed by atoms with Crippen LogP contribution < -0.4 is 24.0 Å². The monoisotopic (exact) mass is 157 g/mol. The number of carboxylic acid groups (broad SMARTS) is 1. The Labute approximate surface area is 83.0 Å². The quantitative estimate of drug-likeness (QED) is 0.422. The van der Waals surface area contributed by atoms with Crippen molar-refractivity contribution in [2.75, 3.05) is 0 Å². The molecule has 0 unspecified atom stereocenters. The van der Waals surface area contributed by atoms with E-state index in [2.05, 4.69) is 4.98 Å². The molecular formula is C8H8LiNO2. The number of aryl methyl sites for hydroxylation is 1. The van der Waals surface area contributed by atoms with E-state index < -0.39 is 5.97 Å². The molecule has 1 rings (SSSR count). The molecule has 1 heterocycles. The number of carbonyl (C=O) groups excluding carboxylic acids is 1. The second-order valence-electron chi connectivity index (χ2n) is 2.35. The maximum atomic E-state index is 10.1. The SMILES string of the molecule is Cc1cc(CC(=O)[O-])ccn1.[Li+]. The van der Waals surface area contributed by atoms with Gasteiger partial charge in [-0.15, -0.1) is 0 Å². The normalized spacial score (nSPS) is 8.75. The molecule has 0 saturated heterocycles. The molecule has 0 spiro atoms. The first kappa shape index (κ1) is 11.2. The minimum absolute atomic E-state index is 0. The van der Waals surface area contributed by atoms with E-state index in [4.69, 9.17) is 0 Å². The van der Waals surface area contributed by atoms with Crippen molar-refractivity contribution in [2.24, 2.45) is 0 Å². The van der Waals surface area contributed by atoms with Crippen LogP contribution in [0.15, 0.2) is 18.3 Å². The van der Waals surface area contributed by atoms with Gasteiger partial charge in [-0.1, -0.05) is 0 Å². The third-order valence-electron chi connectivity index (χ3n) is 1.31. The van der Waals surface area contributed by atoms with Crippen molar-refractivity contribution in [1.82, 2.24) is 4.98 Å². The van der Waals surface area contributed by atoms with Gasteiger partial charge in [0.1, 0.15) is 0 Å². The number of hydrogen-bond acceptors (Lipinski definition) is 3. The van der Waals surface area contributed by atoms with Crippen LogP contribution in [0.3, 0.4) is 0 Å². The number of aliphatic carboxylic acids is 1. The first-order valence-corrected chi connectivity index (χ1v) is 3.30. The van der Waals surface area contributed by atoms with Crippen molar-refractivity contribution in [3.05, 3.63) is 29.6 Å². The van der Waals surface area contributed by atoms with Gasteiger partial charge in [0.25, 0.3) is 0 Å².